The van der Waals surface area contributed by atoms with Crippen molar-refractivity contribution in [3.63, 3.8) is 0 Å². The first-order valence-electron chi connectivity index (χ1n) is 7.03. The van der Waals surface area contributed by atoms with Crippen LogP contribution in [0.5, 0.6) is 0 Å². The second kappa shape index (κ2) is 5.37. The molecule has 1 aliphatic carbocycles. The van der Waals surface area contributed by atoms with Crippen molar-refractivity contribution in [3.05, 3.63) is 22.2 Å². The Labute approximate surface area is 121 Å². The molecule has 1 heterocycles. The standard InChI is InChI=1S/C15H24ClN3/c1-10(2)19(5)9-13-17-12-6-7-15(3,4)8-11(12)14(16)18-13/h10H,6-9H2,1-5H3. The Kier molecular flexibility index (Phi) is 4.17. The molecule has 0 spiro atoms. The van der Waals surface area contributed by atoms with Crippen molar-refractivity contribution in [1.29, 1.82) is 0 Å². The lowest BCUT2D eigenvalue weighted by molar-refractivity contribution is 0.257. The Bertz CT molecular complexity index is 469. The summed E-state index contributed by atoms with van der Waals surface area (Å²) in [5.74, 6) is 0.847. The summed E-state index contributed by atoms with van der Waals surface area (Å²) in [5.41, 5.74) is 2.64. The zero-order chi connectivity index (χ0) is 14.2. The van der Waals surface area contributed by atoms with Crippen molar-refractivity contribution in [2.45, 2.75) is 59.5 Å². The topological polar surface area (TPSA) is 29.0 Å². The molecular weight excluding hydrogens is 258 g/mol. The maximum Gasteiger partial charge on any atom is 0.144 e. The summed E-state index contributed by atoms with van der Waals surface area (Å²) in [6.45, 7) is 9.67. The average Bonchev–Trinajstić information content (AvgIpc) is 2.29. The van der Waals surface area contributed by atoms with E-state index in [0.717, 1.165) is 36.5 Å². The molecule has 0 saturated carbocycles. The zero-order valence-corrected chi connectivity index (χ0v) is 13.4. The van der Waals surface area contributed by atoms with Crippen LogP contribution < -0.4 is 0 Å². The molecule has 0 amide bonds. The van der Waals surface area contributed by atoms with Gasteiger partial charge in [0, 0.05) is 17.3 Å². The van der Waals surface area contributed by atoms with Gasteiger partial charge < -0.3 is 0 Å². The first kappa shape index (κ1) is 14.7. The summed E-state index contributed by atoms with van der Waals surface area (Å²) in [6.07, 6.45) is 3.18. The van der Waals surface area contributed by atoms with E-state index >= 15 is 0 Å². The Balaban J connectivity index is 2.25. The van der Waals surface area contributed by atoms with Crippen LogP contribution in [0.25, 0.3) is 0 Å². The minimum absolute atomic E-state index is 0.316. The van der Waals surface area contributed by atoms with Crippen LogP contribution in [0.15, 0.2) is 0 Å². The minimum atomic E-state index is 0.316. The first-order chi connectivity index (χ1) is 8.78. The molecular formula is C15H24ClN3. The monoisotopic (exact) mass is 281 g/mol. The fraction of sp³-hybridized carbons (Fsp3) is 0.733. The molecule has 1 aromatic rings. The summed E-state index contributed by atoms with van der Waals surface area (Å²) in [5, 5.41) is 0.657. The molecule has 0 aromatic carbocycles. The molecule has 0 atom stereocenters. The summed E-state index contributed by atoms with van der Waals surface area (Å²) in [7, 11) is 2.09. The van der Waals surface area contributed by atoms with E-state index in [-0.39, 0.29) is 0 Å². The van der Waals surface area contributed by atoms with Gasteiger partial charge in [0.1, 0.15) is 11.0 Å². The van der Waals surface area contributed by atoms with Gasteiger partial charge in [-0.2, -0.15) is 0 Å². The summed E-state index contributed by atoms with van der Waals surface area (Å²) >= 11 is 6.37. The van der Waals surface area contributed by atoms with Crippen LogP contribution in [0, 0.1) is 5.41 Å². The zero-order valence-electron chi connectivity index (χ0n) is 12.6. The average molecular weight is 282 g/mol. The molecule has 1 aliphatic rings. The molecule has 0 N–H and O–H groups in total. The van der Waals surface area contributed by atoms with Crippen LogP contribution in [-0.4, -0.2) is 28.0 Å². The van der Waals surface area contributed by atoms with E-state index in [0.29, 0.717) is 16.6 Å². The van der Waals surface area contributed by atoms with Gasteiger partial charge in [-0.3, -0.25) is 4.90 Å². The molecule has 2 rings (SSSR count). The maximum atomic E-state index is 6.37. The van der Waals surface area contributed by atoms with Gasteiger partial charge in [0.05, 0.1) is 6.54 Å². The fourth-order valence-electron chi connectivity index (χ4n) is 2.43. The van der Waals surface area contributed by atoms with E-state index in [1.165, 1.54) is 6.42 Å². The molecule has 0 fully saturated rings. The van der Waals surface area contributed by atoms with Crippen molar-refractivity contribution in [2.75, 3.05) is 7.05 Å². The summed E-state index contributed by atoms with van der Waals surface area (Å²) < 4.78 is 0. The fourth-order valence-corrected chi connectivity index (χ4v) is 2.70. The van der Waals surface area contributed by atoms with E-state index in [1.807, 2.05) is 0 Å². The second-order valence-corrected chi connectivity index (χ2v) is 7.06. The Morgan fingerprint density at radius 1 is 1.32 bits per heavy atom. The lowest BCUT2D eigenvalue weighted by atomic mass is 9.76. The number of halogens is 1. The van der Waals surface area contributed by atoms with Gasteiger partial charge in [0.2, 0.25) is 0 Å². The highest BCUT2D eigenvalue weighted by molar-refractivity contribution is 6.30. The predicted molar refractivity (Wildman–Crippen MR) is 79.5 cm³/mol. The number of rotatable bonds is 3. The lowest BCUT2D eigenvalue weighted by Crippen LogP contribution is -2.28. The number of aryl methyl sites for hydroxylation is 1. The molecule has 1 aromatic heterocycles. The van der Waals surface area contributed by atoms with Gasteiger partial charge in [-0.05, 0) is 45.6 Å². The van der Waals surface area contributed by atoms with E-state index in [1.54, 1.807) is 0 Å². The van der Waals surface area contributed by atoms with Gasteiger partial charge in [-0.25, -0.2) is 9.97 Å². The first-order valence-corrected chi connectivity index (χ1v) is 7.41. The largest absolute Gasteiger partial charge is 0.297 e. The van der Waals surface area contributed by atoms with Crippen molar-refractivity contribution >= 4 is 11.6 Å². The Hall–Kier alpha value is -0.670. The Morgan fingerprint density at radius 2 is 2.00 bits per heavy atom. The van der Waals surface area contributed by atoms with Gasteiger partial charge in [0.25, 0.3) is 0 Å². The molecule has 106 valence electrons. The third kappa shape index (κ3) is 3.46. The van der Waals surface area contributed by atoms with Crippen LogP contribution in [0.4, 0.5) is 0 Å². The van der Waals surface area contributed by atoms with Crippen LogP contribution >= 0.6 is 11.6 Å². The molecule has 0 bridgehead atoms. The van der Waals surface area contributed by atoms with Crippen molar-refractivity contribution in [3.8, 4) is 0 Å². The van der Waals surface area contributed by atoms with E-state index in [9.17, 15) is 0 Å². The third-order valence-corrected chi connectivity index (χ3v) is 4.37. The smallest absolute Gasteiger partial charge is 0.144 e. The molecule has 4 heteroatoms. The predicted octanol–water partition coefficient (Wildman–Crippen LogP) is 3.49. The number of aromatic nitrogens is 2. The van der Waals surface area contributed by atoms with E-state index in [2.05, 4.69) is 44.6 Å². The quantitative estimate of drug-likeness (QED) is 0.794. The van der Waals surface area contributed by atoms with Gasteiger partial charge in [0.15, 0.2) is 0 Å². The number of hydrogen-bond acceptors (Lipinski definition) is 3. The highest BCUT2D eigenvalue weighted by Gasteiger charge is 2.28. The maximum absolute atomic E-state index is 6.37. The molecule has 19 heavy (non-hydrogen) atoms. The number of hydrogen-bond donors (Lipinski definition) is 0. The number of fused-ring (bicyclic) bond motifs is 1. The van der Waals surface area contributed by atoms with Crippen LogP contribution in [0.2, 0.25) is 5.15 Å². The van der Waals surface area contributed by atoms with Gasteiger partial charge in [-0.15, -0.1) is 0 Å². The van der Waals surface area contributed by atoms with Gasteiger partial charge >= 0.3 is 0 Å². The normalized spacial score (nSPS) is 17.9. The second-order valence-electron chi connectivity index (χ2n) is 6.71. The Morgan fingerprint density at radius 3 is 2.63 bits per heavy atom. The van der Waals surface area contributed by atoms with Crippen LogP contribution in [0.1, 0.15) is 51.2 Å². The molecule has 0 saturated heterocycles. The highest BCUT2D eigenvalue weighted by atomic mass is 35.5. The van der Waals surface area contributed by atoms with Crippen molar-refractivity contribution in [2.24, 2.45) is 5.41 Å². The summed E-state index contributed by atoms with van der Waals surface area (Å²) in [6, 6.07) is 0.484. The highest BCUT2D eigenvalue weighted by Crippen LogP contribution is 2.36. The van der Waals surface area contributed by atoms with Crippen LogP contribution in [0.3, 0.4) is 0 Å². The van der Waals surface area contributed by atoms with Gasteiger partial charge in [-0.1, -0.05) is 25.4 Å². The molecule has 0 radical (unpaired) electrons. The third-order valence-electron chi connectivity index (χ3n) is 4.05. The van der Waals surface area contributed by atoms with E-state index < -0.39 is 0 Å². The molecule has 0 aliphatic heterocycles. The van der Waals surface area contributed by atoms with E-state index in [4.69, 9.17) is 16.6 Å². The number of nitrogens with zero attached hydrogens (tertiary/aromatic N) is 3. The molecule has 0 unspecified atom stereocenters. The van der Waals surface area contributed by atoms with Crippen molar-refractivity contribution < 1.29 is 0 Å². The van der Waals surface area contributed by atoms with Crippen LogP contribution in [-0.2, 0) is 19.4 Å². The minimum Gasteiger partial charge on any atom is -0.297 e. The SMILES string of the molecule is CC(C)N(C)Cc1nc(Cl)c2c(n1)CCC(C)(C)C2. The molecule has 3 nitrogen and oxygen atoms in total. The van der Waals surface area contributed by atoms with Crippen molar-refractivity contribution in [1.82, 2.24) is 14.9 Å². The summed E-state index contributed by atoms with van der Waals surface area (Å²) in [4.78, 5) is 11.4. The lowest BCUT2D eigenvalue weighted by Gasteiger charge is -2.31.